The number of aliphatic hydroxyl groups excluding tert-OH is 2. The van der Waals surface area contributed by atoms with Gasteiger partial charge in [-0.2, -0.15) is 0 Å². The van der Waals surface area contributed by atoms with Crippen LogP contribution in [0.5, 0.6) is 11.5 Å². The highest BCUT2D eigenvalue weighted by molar-refractivity contribution is 5.80. The lowest BCUT2D eigenvalue weighted by atomic mass is 9.90. The van der Waals surface area contributed by atoms with Gasteiger partial charge in [-0.1, -0.05) is 97.1 Å². The van der Waals surface area contributed by atoms with E-state index in [0.717, 1.165) is 11.1 Å². The standard InChI is InChI=1S/C34H36N2O6/c37-29-17-9-7-15-25(29)21-31(39)35-27(19-23-11-3-1-4-12-23)33(41)34(42)28(20-24-13-5-2-6-14-24)36-32(40)22-26-16-8-10-18-30(26)38/h1-18,27-28,33-34,37-38,41-42H,19-22H2,(H,35,39)(H,36,40). The molecule has 0 radical (unpaired) electrons. The third kappa shape index (κ3) is 8.67. The maximum atomic E-state index is 13.1. The van der Waals surface area contributed by atoms with Crippen LogP contribution in [0.2, 0.25) is 0 Å². The molecule has 2 amide bonds. The summed E-state index contributed by atoms with van der Waals surface area (Å²) in [5.41, 5.74) is 2.53. The lowest BCUT2D eigenvalue weighted by Crippen LogP contribution is -2.57. The molecule has 0 aliphatic carbocycles. The number of para-hydroxylation sites is 2. The van der Waals surface area contributed by atoms with Crippen LogP contribution >= 0.6 is 0 Å². The molecule has 0 spiro atoms. The van der Waals surface area contributed by atoms with Crippen LogP contribution in [-0.2, 0) is 35.3 Å². The minimum Gasteiger partial charge on any atom is -0.508 e. The predicted octanol–water partition coefficient (Wildman–Crippen LogP) is 3.06. The lowest BCUT2D eigenvalue weighted by Gasteiger charge is -2.33. The van der Waals surface area contributed by atoms with E-state index in [-0.39, 0.29) is 37.2 Å². The monoisotopic (exact) mass is 568 g/mol. The van der Waals surface area contributed by atoms with E-state index in [4.69, 9.17) is 0 Å². The van der Waals surface area contributed by atoms with Gasteiger partial charge in [-0.25, -0.2) is 0 Å². The van der Waals surface area contributed by atoms with Gasteiger partial charge in [0.2, 0.25) is 11.8 Å². The zero-order valence-electron chi connectivity index (χ0n) is 23.1. The maximum Gasteiger partial charge on any atom is 0.224 e. The van der Waals surface area contributed by atoms with Gasteiger partial charge in [0.05, 0.1) is 24.9 Å². The van der Waals surface area contributed by atoms with Gasteiger partial charge in [0.1, 0.15) is 23.7 Å². The number of aliphatic hydroxyl groups is 2. The Kier molecular flexibility index (Phi) is 10.7. The molecule has 4 rings (SSSR count). The van der Waals surface area contributed by atoms with Gasteiger partial charge in [0, 0.05) is 11.1 Å². The molecule has 8 heteroatoms. The third-order valence-corrected chi connectivity index (χ3v) is 7.15. The normalized spacial score (nSPS) is 13.9. The molecule has 42 heavy (non-hydrogen) atoms. The van der Waals surface area contributed by atoms with Crippen LogP contribution in [0.25, 0.3) is 0 Å². The maximum absolute atomic E-state index is 13.1. The van der Waals surface area contributed by atoms with Crippen LogP contribution in [-0.4, -0.2) is 56.5 Å². The second-order valence-corrected chi connectivity index (χ2v) is 10.3. The van der Waals surface area contributed by atoms with Crippen molar-refractivity contribution in [3.63, 3.8) is 0 Å². The summed E-state index contributed by atoms with van der Waals surface area (Å²) in [5.74, 6) is -0.898. The highest BCUT2D eigenvalue weighted by Crippen LogP contribution is 2.19. The molecular formula is C34H36N2O6. The van der Waals surface area contributed by atoms with Gasteiger partial charge in [0.15, 0.2) is 0 Å². The molecule has 0 aromatic heterocycles. The van der Waals surface area contributed by atoms with E-state index in [9.17, 15) is 30.0 Å². The Morgan fingerprint density at radius 1 is 0.524 bits per heavy atom. The quantitative estimate of drug-likeness (QED) is 0.147. The first kappa shape index (κ1) is 30.3. The van der Waals surface area contributed by atoms with Gasteiger partial charge >= 0.3 is 0 Å². The van der Waals surface area contributed by atoms with Crippen molar-refractivity contribution < 1.29 is 30.0 Å². The van der Waals surface area contributed by atoms with Crippen LogP contribution in [0.3, 0.4) is 0 Å². The van der Waals surface area contributed by atoms with Crippen molar-refractivity contribution in [2.24, 2.45) is 0 Å². The number of aromatic hydroxyl groups is 2. The molecule has 0 bridgehead atoms. The van der Waals surface area contributed by atoms with E-state index in [1.807, 2.05) is 60.7 Å². The summed E-state index contributed by atoms with van der Waals surface area (Å²) in [5, 5.41) is 48.9. The fourth-order valence-electron chi connectivity index (χ4n) is 4.91. The Bertz CT molecular complexity index is 1340. The Morgan fingerprint density at radius 3 is 1.21 bits per heavy atom. The van der Waals surface area contributed by atoms with Crippen molar-refractivity contribution in [3.8, 4) is 11.5 Å². The number of hydrogen-bond acceptors (Lipinski definition) is 6. The highest BCUT2D eigenvalue weighted by Gasteiger charge is 2.34. The number of phenolic OH excluding ortho intramolecular Hbond substituents is 2. The van der Waals surface area contributed by atoms with Crippen LogP contribution in [0.1, 0.15) is 22.3 Å². The summed E-state index contributed by atoms with van der Waals surface area (Å²) in [6.45, 7) is 0. The minimum absolute atomic E-state index is 0.0112. The average molecular weight is 569 g/mol. The van der Waals surface area contributed by atoms with Gasteiger partial charge in [-0.3, -0.25) is 9.59 Å². The third-order valence-electron chi connectivity index (χ3n) is 7.15. The molecule has 0 aliphatic rings. The molecule has 6 N–H and O–H groups in total. The van der Waals surface area contributed by atoms with Gasteiger partial charge in [-0.05, 0) is 36.1 Å². The summed E-state index contributed by atoms with van der Waals surface area (Å²) in [6, 6.07) is 29.7. The van der Waals surface area contributed by atoms with Crippen LogP contribution in [0.4, 0.5) is 0 Å². The van der Waals surface area contributed by atoms with E-state index < -0.39 is 36.1 Å². The van der Waals surface area contributed by atoms with Crippen molar-refractivity contribution in [2.45, 2.75) is 50.0 Å². The molecule has 8 nitrogen and oxygen atoms in total. The molecule has 4 unspecified atom stereocenters. The molecule has 0 saturated heterocycles. The minimum atomic E-state index is -1.46. The Hall–Kier alpha value is -4.66. The van der Waals surface area contributed by atoms with E-state index >= 15 is 0 Å². The van der Waals surface area contributed by atoms with E-state index in [1.54, 1.807) is 36.4 Å². The largest absolute Gasteiger partial charge is 0.508 e. The zero-order valence-corrected chi connectivity index (χ0v) is 23.1. The molecule has 4 aromatic carbocycles. The zero-order chi connectivity index (χ0) is 29.9. The van der Waals surface area contributed by atoms with Gasteiger partial charge in [-0.15, -0.1) is 0 Å². The molecule has 0 heterocycles. The summed E-state index contributed by atoms with van der Waals surface area (Å²) in [7, 11) is 0. The van der Waals surface area contributed by atoms with Crippen molar-refractivity contribution in [1.82, 2.24) is 10.6 Å². The van der Waals surface area contributed by atoms with Gasteiger partial charge < -0.3 is 31.1 Å². The Labute approximate surface area is 245 Å². The first-order valence-electron chi connectivity index (χ1n) is 13.9. The fourth-order valence-corrected chi connectivity index (χ4v) is 4.91. The summed E-state index contributed by atoms with van der Waals surface area (Å²) in [4.78, 5) is 26.1. The van der Waals surface area contributed by atoms with Crippen LogP contribution in [0.15, 0.2) is 109 Å². The number of benzene rings is 4. The summed E-state index contributed by atoms with van der Waals surface area (Å²) < 4.78 is 0. The molecule has 4 aromatic rings. The van der Waals surface area contributed by atoms with Crippen LogP contribution < -0.4 is 10.6 Å². The van der Waals surface area contributed by atoms with E-state index in [2.05, 4.69) is 10.6 Å². The molecule has 0 fully saturated rings. The molecule has 0 saturated carbocycles. The number of hydrogen-bond donors (Lipinski definition) is 6. The van der Waals surface area contributed by atoms with E-state index in [0.29, 0.717) is 11.1 Å². The molecule has 4 atom stereocenters. The lowest BCUT2D eigenvalue weighted by molar-refractivity contribution is -0.125. The molecular weight excluding hydrogens is 532 g/mol. The number of carbonyl (C=O) groups is 2. The Balaban J connectivity index is 1.55. The molecule has 218 valence electrons. The second-order valence-electron chi connectivity index (χ2n) is 10.3. The first-order chi connectivity index (χ1) is 20.3. The number of phenols is 2. The van der Waals surface area contributed by atoms with Gasteiger partial charge in [0.25, 0.3) is 0 Å². The summed E-state index contributed by atoms with van der Waals surface area (Å²) >= 11 is 0. The number of carbonyl (C=O) groups excluding carboxylic acids is 2. The number of amides is 2. The van der Waals surface area contributed by atoms with Crippen molar-refractivity contribution >= 4 is 11.8 Å². The Morgan fingerprint density at radius 2 is 0.857 bits per heavy atom. The SMILES string of the molecule is O=C(Cc1ccccc1O)NC(Cc1ccccc1)C(O)C(O)C(Cc1ccccc1)NC(=O)Cc1ccccc1O. The first-order valence-corrected chi connectivity index (χ1v) is 13.9. The predicted molar refractivity (Wildman–Crippen MR) is 160 cm³/mol. The van der Waals surface area contributed by atoms with E-state index in [1.165, 1.54) is 12.1 Å². The average Bonchev–Trinajstić information content (AvgIpc) is 2.99. The second kappa shape index (κ2) is 14.8. The topological polar surface area (TPSA) is 139 Å². The van der Waals surface area contributed by atoms with Crippen LogP contribution in [0, 0.1) is 0 Å². The number of nitrogens with one attached hydrogen (secondary N) is 2. The summed E-state index contributed by atoms with van der Waals surface area (Å²) in [6.07, 6.45) is -2.72. The number of rotatable bonds is 13. The smallest absolute Gasteiger partial charge is 0.224 e. The van der Waals surface area contributed by atoms with Crippen molar-refractivity contribution in [2.75, 3.05) is 0 Å². The molecule has 0 aliphatic heterocycles. The highest BCUT2D eigenvalue weighted by atomic mass is 16.3. The van der Waals surface area contributed by atoms with Crippen molar-refractivity contribution in [1.29, 1.82) is 0 Å². The fraction of sp³-hybridized carbons (Fsp3) is 0.235. The van der Waals surface area contributed by atoms with Crippen molar-refractivity contribution in [3.05, 3.63) is 131 Å².